The first-order chi connectivity index (χ1) is 21.7. The summed E-state index contributed by atoms with van der Waals surface area (Å²) in [6.07, 6.45) is -3.41. The van der Waals surface area contributed by atoms with Crippen molar-refractivity contribution in [3.63, 3.8) is 0 Å². The van der Waals surface area contributed by atoms with Gasteiger partial charge in [0, 0.05) is 29.6 Å². The van der Waals surface area contributed by atoms with Crippen LogP contribution in [0.25, 0.3) is 0 Å². The van der Waals surface area contributed by atoms with Gasteiger partial charge in [0.05, 0.1) is 36.3 Å². The molecule has 9 nitrogen and oxygen atoms in total. The zero-order valence-corrected chi connectivity index (χ0v) is 25.1. The summed E-state index contributed by atoms with van der Waals surface area (Å²) in [5.41, 5.74) is 6.19. The average molecular weight is 670 g/mol. The quantitative estimate of drug-likeness (QED) is 0.226. The molecule has 248 valence electrons. The van der Waals surface area contributed by atoms with E-state index in [1.807, 2.05) is 0 Å². The van der Waals surface area contributed by atoms with Crippen molar-refractivity contribution in [2.45, 2.75) is 61.1 Å². The molecule has 1 saturated carbocycles. The van der Waals surface area contributed by atoms with Crippen LogP contribution in [0.1, 0.15) is 52.2 Å². The van der Waals surface area contributed by atoms with E-state index in [1.165, 1.54) is 42.5 Å². The summed E-state index contributed by atoms with van der Waals surface area (Å²) in [6, 6.07) is 13.9. The number of carbonyl (C=O) groups is 1. The molecular formula is C31H32F5N3O6S. The Bertz CT molecular complexity index is 1630. The van der Waals surface area contributed by atoms with E-state index in [-0.39, 0.29) is 35.2 Å². The third-order valence-electron chi connectivity index (χ3n) is 7.96. The number of carbonyl (C=O) groups excluding carboxylic acids is 1. The van der Waals surface area contributed by atoms with E-state index >= 15 is 0 Å². The first kappa shape index (κ1) is 33.6. The lowest BCUT2D eigenvalue weighted by molar-refractivity contribution is -0.137. The largest absolute Gasteiger partial charge is 0.489 e. The van der Waals surface area contributed by atoms with Gasteiger partial charge in [-0.15, -0.1) is 0 Å². The number of amides is 1. The highest BCUT2D eigenvalue weighted by Crippen LogP contribution is 2.36. The maximum Gasteiger partial charge on any atom is 0.416 e. The average Bonchev–Trinajstić information content (AvgIpc) is 3.72. The van der Waals surface area contributed by atoms with Gasteiger partial charge >= 0.3 is 12.8 Å². The predicted octanol–water partition coefficient (Wildman–Crippen LogP) is 4.63. The van der Waals surface area contributed by atoms with Gasteiger partial charge < -0.3 is 25.2 Å². The lowest BCUT2D eigenvalue weighted by atomic mass is 9.88. The molecule has 0 bridgehead atoms. The molecule has 4 N–H and O–H groups in total. The molecule has 3 aromatic rings. The molecule has 1 amide bonds. The maximum absolute atomic E-state index is 13.0. The second kappa shape index (κ2) is 13.5. The summed E-state index contributed by atoms with van der Waals surface area (Å²) in [5.74, 6) is -1.43. The molecule has 0 aromatic heterocycles. The number of sulfonamides is 1. The molecule has 3 aromatic carbocycles. The molecule has 3 atom stereocenters. The number of nitrogens with one attached hydrogen (secondary N) is 1. The standard InChI is InChI=1S/C31H32F5N3O6S/c32-30(33)44-17-22-13-24(45-23-8-3-19(4-9-23)31(34,35)36)15-39(22)21-7-12-26(29(37)41)27(14-21)28(16-40)18-1-10-25(11-2-18)46(42,43)38-20-5-6-20/h1-4,7-12,14,20,22,24,28,30,38,40H,5-6,13,15-17H2,(H2,37,41)/t22-,24-,28?/m0/s1. The minimum Gasteiger partial charge on any atom is -0.489 e. The van der Waals surface area contributed by atoms with Crippen molar-refractivity contribution in [3.05, 3.63) is 89.0 Å². The SMILES string of the molecule is NC(=O)c1ccc(N2C[C@@H](Oc3ccc(C(F)(F)F)cc3)C[C@H]2COC(F)F)cc1C(CO)c1ccc(S(=O)(=O)NC2CC2)cc1. The number of ether oxygens (including phenoxy) is 2. The summed E-state index contributed by atoms with van der Waals surface area (Å²) in [5, 5.41) is 10.4. The molecule has 2 aliphatic rings. The minimum atomic E-state index is -4.52. The van der Waals surface area contributed by atoms with Gasteiger partial charge in [0.1, 0.15) is 11.9 Å². The summed E-state index contributed by atoms with van der Waals surface area (Å²) in [6.45, 7) is -3.79. The normalized spacial score (nSPS) is 19.4. The molecule has 46 heavy (non-hydrogen) atoms. The van der Waals surface area contributed by atoms with Crippen molar-refractivity contribution in [2.75, 3.05) is 24.7 Å². The lowest BCUT2D eigenvalue weighted by Gasteiger charge is -2.28. The molecule has 2 fully saturated rings. The number of hydrogen-bond donors (Lipinski definition) is 3. The number of anilines is 1. The maximum atomic E-state index is 13.0. The predicted molar refractivity (Wildman–Crippen MR) is 157 cm³/mol. The molecule has 1 aliphatic heterocycles. The van der Waals surface area contributed by atoms with Crippen LogP contribution >= 0.6 is 0 Å². The highest BCUT2D eigenvalue weighted by molar-refractivity contribution is 7.89. The van der Waals surface area contributed by atoms with Crippen LogP contribution in [0.15, 0.2) is 71.6 Å². The Hall–Kier alpha value is -3.79. The Morgan fingerprint density at radius 1 is 1.04 bits per heavy atom. The summed E-state index contributed by atoms with van der Waals surface area (Å²) >= 11 is 0. The lowest BCUT2D eigenvalue weighted by Crippen LogP contribution is -2.34. The highest BCUT2D eigenvalue weighted by Gasteiger charge is 2.36. The number of alkyl halides is 5. The minimum absolute atomic E-state index is 0.0433. The van der Waals surface area contributed by atoms with Crippen LogP contribution in [0.3, 0.4) is 0 Å². The third kappa shape index (κ3) is 7.94. The van der Waals surface area contributed by atoms with Crippen molar-refractivity contribution < 1.29 is 49.7 Å². The van der Waals surface area contributed by atoms with Gasteiger partial charge in [-0.2, -0.15) is 22.0 Å². The van der Waals surface area contributed by atoms with E-state index in [4.69, 9.17) is 10.5 Å². The Kier molecular flexibility index (Phi) is 9.86. The fourth-order valence-corrected chi connectivity index (χ4v) is 6.83. The van der Waals surface area contributed by atoms with Crippen LogP contribution in [0.4, 0.5) is 27.6 Å². The zero-order chi connectivity index (χ0) is 33.2. The van der Waals surface area contributed by atoms with E-state index in [1.54, 1.807) is 17.0 Å². The van der Waals surface area contributed by atoms with Crippen LogP contribution < -0.4 is 20.1 Å². The number of aliphatic hydroxyl groups excluding tert-OH is 1. The van der Waals surface area contributed by atoms with Gasteiger partial charge in [-0.3, -0.25) is 4.79 Å². The third-order valence-corrected chi connectivity index (χ3v) is 9.49. The second-order valence-corrected chi connectivity index (χ2v) is 12.9. The summed E-state index contributed by atoms with van der Waals surface area (Å²) in [7, 11) is -3.73. The monoisotopic (exact) mass is 669 g/mol. The van der Waals surface area contributed by atoms with Crippen LogP contribution in [-0.2, 0) is 20.9 Å². The van der Waals surface area contributed by atoms with Crippen LogP contribution in [0, 0.1) is 0 Å². The van der Waals surface area contributed by atoms with E-state index in [0.717, 1.165) is 25.0 Å². The molecule has 0 radical (unpaired) electrons. The number of hydrogen-bond acceptors (Lipinski definition) is 7. The number of aliphatic hydroxyl groups is 1. The molecule has 1 heterocycles. The van der Waals surface area contributed by atoms with Gasteiger partial charge in [-0.05, 0) is 78.6 Å². The molecule has 0 spiro atoms. The molecule has 15 heteroatoms. The van der Waals surface area contributed by atoms with Crippen molar-refractivity contribution in [3.8, 4) is 5.75 Å². The van der Waals surface area contributed by atoms with Gasteiger partial charge in [0.15, 0.2) is 0 Å². The van der Waals surface area contributed by atoms with Crippen molar-refractivity contribution in [1.29, 1.82) is 0 Å². The Balaban J connectivity index is 1.42. The fraction of sp³-hybridized carbons (Fsp3) is 0.387. The topological polar surface area (TPSA) is 131 Å². The summed E-state index contributed by atoms with van der Waals surface area (Å²) in [4.78, 5) is 14.2. The van der Waals surface area contributed by atoms with Gasteiger partial charge in [-0.25, -0.2) is 13.1 Å². The van der Waals surface area contributed by atoms with Gasteiger partial charge in [0.2, 0.25) is 15.9 Å². The Morgan fingerprint density at radius 3 is 2.28 bits per heavy atom. The van der Waals surface area contributed by atoms with E-state index in [0.29, 0.717) is 16.8 Å². The van der Waals surface area contributed by atoms with Crippen molar-refractivity contribution in [1.82, 2.24) is 4.72 Å². The Labute approximate surface area is 262 Å². The fourth-order valence-electron chi connectivity index (χ4n) is 5.52. The van der Waals surface area contributed by atoms with E-state index < -0.39 is 65.6 Å². The van der Waals surface area contributed by atoms with E-state index in [9.17, 15) is 40.3 Å². The van der Waals surface area contributed by atoms with E-state index in [2.05, 4.69) is 9.46 Å². The van der Waals surface area contributed by atoms with Gasteiger partial charge in [0.25, 0.3) is 0 Å². The van der Waals surface area contributed by atoms with Crippen molar-refractivity contribution in [2.24, 2.45) is 5.73 Å². The molecule has 1 saturated heterocycles. The van der Waals surface area contributed by atoms with Crippen LogP contribution in [0.5, 0.6) is 5.75 Å². The number of nitrogens with zero attached hydrogens (tertiary/aromatic N) is 1. The van der Waals surface area contributed by atoms with Crippen molar-refractivity contribution >= 4 is 21.6 Å². The summed E-state index contributed by atoms with van der Waals surface area (Å²) < 4.78 is 103. The molecule has 5 rings (SSSR count). The molecule has 1 unspecified atom stereocenters. The first-order valence-electron chi connectivity index (χ1n) is 14.4. The highest BCUT2D eigenvalue weighted by atomic mass is 32.2. The first-order valence-corrected chi connectivity index (χ1v) is 15.9. The molecular weight excluding hydrogens is 637 g/mol. The number of halogens is 5. The Morgan fingerprint density at radius 2 is 1.72 bits per heavy atom. The second-order valence-electron chi connectivity index (χ2n) is 11.2. The number of nitrogens with two attached hydrogens (primary N) is 1. The number of benzene rings is 3. The van der Waals surface area contributed by atoms with Crippen LogP contribution in [-0.4, -0.2) is 64.0 Å². The number of rotatable bonds is 13. The van der Waals surface area contributed by atoms with Gasteiger partial charge in [-0.1, -0.05) is 12.1 Å². The van der Waals surface area contributed by atoms with Crippen LogP contribution in [0.2, 0.25) is 0 Å². The number of primary amides is 1. The molecule has 1 aliphatic carbocycles. The smallest absolute Gasteiger partial charge is 0.416 e. The zero-order valence-electron chi connectivity index (χ0n) is 24.3.